The van der Waals surface area contributed by atoms with Crippen LogP contribution in [-0.2, 0) is 21.9 Å². The van der Waals surface area contributed by atoms with E-state index in [2.05, 4.69) is 36.5 Å². The normalized spacial score (nSPS) is 15.2. The van der Waals surface area contributed by atoms with Gasteiger partial charge in [0.2, 0.25) is 11.8 Å². The van der Waals surface area contributed by atoms with Gasteiger partial charge >= 0.3 is 0 Å². The van der Waals surface area contributed by atoms with Gasteiger partial charge in [-0.3, -0.25) is 9.59 Å². The SMILES string of the molecule is Cc1ccc(CSCC(=O)N(Cc2ccc(Cl)cc2)[C@@H](C)C(=O)NC2CCCCC2)cc1. The Morgan fingerprint density at radius 1 is 1.03 bits per heavy atom. The van der Waals surface area contributed by atoms with Gasteiger partial charge in [-0.15, -0.1) is 11.8 Å². The molecule has 1 fully saturated rings. The van der Waals surface area contributed by atoms with Crippen LogP contribution in [0.25, 0.3) is 0 Å². The molecule has 0 radical (unpaired) electrons. The Hall–Kier alpha value is -1.98. The molecule has 0 bridgehead atoms. The van der Waals surface area contributed by atoms with Crippen molar-refractivity contribution in [3.63, 3.8) is 0 Å². The molecule has 0 aliphatic heterocycles. The Morgan fingerprint density at radius 3 is 2.31 bits per heavy atom. The number of nitrogens with zero attached hydrogens (tertiary/aromatic N) is 1. The number of carbonyl (C=O) groups is 2. The lowest BCUT2D eigenvalue weighted by Crippen LogP contribution is -2.50. The smallest absolute Gasteiger partial charge is 0.242 e. The lowest BCUT2D eigenvalue weighted by Gasteiger charge is -2.31. The summed E-state index contributed by atoms with van der Waals surface area (Å²) in [4.78, 5) is 27.9. The van der Waals surface area contributed by atoms with Crippen LogP contribution in [0.2, 0.25) is 5.02 Å². The van der Waals surface area contributed by atoms with Crippen molar-refractivity contribution in [3.8, 4) is 0 Å². The first kappa shape index (κ1) is 24.7. The Kier molecular flexibility index (Phi) is 9.49. The molecular weight excluding hydrogens is 440 g/mol. The highest BCUT2D eigenvalue weighted by molar-refractivity contribution is 7.99. The summed E-state index contributed by atoms with van der Waals surface area (Å²) in [6.45, 7) is 4.28. The van der Waals surface area contributed by atoms with Crippen LogP contribution in [0.1, 0.15) is 55.7 Å². The Morgan fingerprint density at radius 2 is 1.66 bits per heavy atom. The molecule has 3 rings (SSSR count). The maximum Gasteiger partial charge on any atom is 0.242 e. The minimum Gasteiger partial charge on any atom is -0.352 e. The summed E-state index contributed by atoms with van der Waals surface area (Å²) < 4.78 is 0. The molecule has 172 valence electrons. The number of amides is 2. The molecule has 1 saturated carbocycles. The number of carbonyl (C=O) groups excluding carboxylic acids is 2. The van der Waals surface area contributed by atoms with Gasteiger partial charge in [0, 0.05) is 23.4 Å². The van der Waals surface area contributed by atoms with Crippen LogP contribution in [0.5, 0.6) is 0 Å². The molecule has 1 N–H and O–H groups in total. The molecule has 0 spiro atoms. The minimum atomic E-state index is -0.528. The molecule has 0 heterocycles. The summed E-state index contributed by atoms with van der Waals surface area (Å²) >= 11 is 7.60. The number of aryl methyl sites for hydroxylation is 1. The number of halogens is 1. The lowest BCUT2D eigenvalue weighted by molar-refractivity contribution is -0.139. The monoisotopic (exact) mass is 472 g/mol. The van der Waals surface area contributed by atoms with E-state index in [9.17, 15) is 9.59 Å². The molecule has 0 aromatic heterocycles. The van der Waals surface area contributed by atoms with Gasteiger partial charge in [0.25, 0.3) is 0 Å². The van der Waals surface area contributed by atoms with Crippen LogP contribution in [-0.4, -0.2) is 34.6 Å². The number of nitrogens with one attached hydrogen (secondary N) is 1. The first-order chi connectivity index (χ1) is 15.4. The van der Waals surface area contributed by atoms with Gasteiger partial charge < -0.3 is 10.2 Å². The first-order valence-corrected chi connectivity index (χ1v) is 12.9. The van der Waals surface area contributed by atoms with Crippen LogP contribution >= 0.6 is 23.4 Å². The molecule has 0 saturated heterocycles. The van der Waals surface area contributed by atoms with Gasteiger partial charge in [-0.25, -0.2) is 0 Å². The van der Waals surface area contributed by atoms with Crippen LogP contribution in [0, 0.1) is 6.92 Å². The predicted molar refractivity (Wildman–Crippen MR) is 134 cm³/mol. The van der Waals surface area contributed by atoms with Crippen molar-refractivity contribution in [2.45, 2.75) is 70.3 Å². The van der Waals surface area contributed by atoms with Gasteiger partial charge in [-0.2, -0.15) is 0 Å². The number of rotatable bonds is 9. The topological polar surface area (TPSA) is 49.4 Å². The third-order valence-corrected chi connectivity index (χ3v) is 7.24. The molecule has 2 amide bonds. The van der Waals surface area contributed by atoms with E-state index in [0.717, 1.165) is 37.0 Å². The van der Waals surface area contributed by atoms with Crippen molar-refractivity contribution in [2.24, 2.45) is 0 Å². The van der Waals surface area contributed by atoms with E-state index < -0.39 is 6.04 Å². The summed E-state index contributed by atoms with van der Waals surface area (Å²) in [7, 11) is 0. The zero-order valence-electron chi connectivity index (χ0n) is 19.0. The third-order valence-electron chi connectivity index (χ3n) is 6.00. The van der Waals surface area contributed by atoms with E-state index in [-0.39, 0.29) is 17.9 Å². The fourth-order valence-corrected chi connectivity index (χ4v) is 4.96. The van der Waals surface area contributed by atoms with Crippen molar-refractivity contribution in [1.29, 1.82) is 0 Å². The van der Waals surface area contributed by atoms with E-state index >= 15 is 0 Å². The minimum absolute atomic E-state index is 0.0247. The summed E-state index contributed by atoms with van der Waals surface area (Å²) in [5.74, 6) is 1.01. The van der Waals surface area contributed by atoms with Crippen LogP contribution in [0.4, 0.5) is 0 Å². The first-order valence-electron chi connectivity index (χ1n) is 11.4. The maximum atomic E-state index is 13.2. The second-order valence-electron chi connectivity index (χ2n) is 8.65. The summed E-state index contributed by atoms with van der Waals surface area (Å²) in [5, 5.41) is 3.83. The van der Waals surface area contributed by atoms with Gasteiger partial charge in [0.15, 0.2) is 0 Å². The summed E-state index contributed by atoms with van der Waals surface area (Å²) in [5.41, 5.74) is 3.38. The molecule has 1 aliphatic rings. The van der Waals surface area contributed by atoms with Crippen molar-refractivity contribution in [3.05, 3.63) is 70.2 Å². The van der Waals surface area contributed by atoms with Crippen LogP contribution in [0.3, 0.4) is 0 Å². The molecule has 6 heteroatoms. The molecule has 2 aromatic carbocycles. The zero-order chi connectivity index (χ0) is 22.9. The summed E-state index contributed by atoms with van der Waals surface area (Å²) in [6.07, 6.45) is 5.60. The van der Waals surface area contributed by atoms with E-state index in [0.29, 0.717) is 17.3 Å². The number of benzene rings is 2. The fourth-order valence-electron chi connectivity index (χ4n) is 3.96. The third kappa shape index (κ3) is 7.56. The summed E-state index contributed by atoms with van der Waals surface area (Å²) in [6, 6.07) is 15.5. The molecule has 1 atom stereocenters. The van der Waals surface area contributed by atoms with E-state index in [1.165, 1.54) is 17.5 Å². The van der Waals surface area contributed by atoms with Crippen molar-refractivity contribution in [2.75, 3.05) is 5.75 Å². The molecule has 32 heavy (non-hydrogen) atoms. The quantitative estimate of drug-likeness (QED) is 0.505. The van der Waals surface area contributed by atoms with E-state index in [4.69, 9.17) is 11.6 Å². The van der Waals surface area contributed by atoms with E-state index in [1.807, 2.05) is 31.2 Å². The Balaban J connectivity index is 1.64. The Bertz CT molecular complexity index is 880. The molecular formula is C26H33ClN2O2S. The van der Waals surface area contributed by atoms with E-state index in [1.54, 1.807) is 16.7 Å². The van der Waals surface area contributed by atoms with Gasteiger partial charge in [0.05, 0.1) is 5.75 Å². The van der Waals surface area contributed by atoms with Crippen molar-refractivity contribution in [1.82, 2.24) is 10.2 Å². The highest BCUT2D eigenvalue weighted by Crippen LogP contribution is 2.20. The fraction of sp³-hybridized carbons (Fsp3) is 0.462. The average Bonchev–Trinajstić information content (AvgIpc) is 2.80. The van der Waals surface area contributed by atoms with Gasteiger partial charge in [-0.05, 0) is 49.9 Å². The second-order valence-corrected chi connectivity index (χ2v) is 10.1. The highest BCUT2D eigenvalue weighted by Gasteiger charge is 2.28. The highest BCUT2D eigenvalue weighted by atomic mass is 35.5. The molecule has 2 aromatic rings. The van der Waals surface area contributed by atoms with Crippen molar-refractivity contribution >= 4 is 35.2 Å². The number of hydrogen-bond donors (Lipinski definition) is 1. The van der Waals surface area contributed by atoms with Crippen molar-refractivity contribution < 1.29 is 9.59 Å². The number of thioether (sulfide) groups is 1. The molecule has 4 nitrogen and oxygen atoms in total. The van der Waals surface area contributed by atoms with Gasteiger partial charge in [0.1, 0.15) is 6.04 Å². The molecule has 1 aliphatic carbocycles. The number of hydrogen-bond acceptors (Lipinski definition) is 3. The Labute approximate surface area is 201 Å². The predicted octanol–water partition coefficient (Wildman–Crippen LogP) is 5.75. The molecule has 0 unspecified atom stereocenters. The largest absolute Gasteiger partial charge is 0.352 e. The second kappa shape index (κ2) is 12.3. The van der Waals surface area contributed by atoms with Crippen LogP contribution < -0.4 is 5.32 Å². The van der Waals surface area contributed by atoms with Gasteiger partial charge in [-0.1, -0.05) is 72.8 Å². The lowest BCUT2D eigenvalue weighted by atomic mass is 9.95. The van der Waals surface area contributed by atoms with Crippen LogP contribution in [0.15, 0.2) is 48.5 Å². The zero-order valence-corrected chi connectivity index (χ0v) is 20.6. The average molecular weight is 473 g/mol. The standard InChI is InChI=1S/C26H33ClN2O2S/c1-19-8-10-22(11-9-19)17-32-18-25(30)29(16-21-12-14-23(27)15-13-21)20(2)26(31)28-24-6-4-3-5-7-24/h8-15,20,24H,3-7,16-18H2,1-2H3,(H,28,31)/t20-/m0/s1. The maximum absolute atomic E-state index is 13.2.